The average Bonchev–Trinajstić information content (AvgIpc) is 3.65. The fourth-order valence-electron chi connectivity index (χ4n) is 4.41. The number of nitrogens with one attached hydrogen (secondary N) is 2. The number of hydrogen-bond acceptors (Lipinski definition) is 4. The third-order valence-electron chi connectivity index (χ3n) is 6.51. The second kappa shape index (κ2) is 10.6. The predicted octanol–water partition coefficient (Wildman–Crippen LogP) is 5.26. The van der Waals surface area contributed by atoms with E-state index in [0.717, 1.165) is 41.8 Å². The maximum atomic E-state index is 14.7. The number of carbonyl (C=O) groups is 1. The second-order valence-corrected chi connectivity index (χ2v) is 9.49. The lowest BCUT2D eigenvalue weighted by atomic mass is 9.97. The average molecular weight is 502 g/mol. The van der Waals surface area contributed by atoms with Gasteiger partial charge in [-0.2, -0.15) is 5.10 Å². The van der Waals surface area contributed by atoms with Gasteiger partial charge in [0.05, 0.1) is 17.4 Å². The molecule has 1 heterocycles. The van der Waals surface area contributed by atoms with Gasteiger partial charge in [0.15, 0.2) is 0 Å². The van der Waals surface area contributed by atoms with Gasteiger partial charge in [-0.05, 0) is 91.9 Å². The molecule has 1 aromatic heterocycles. The van der Waals surface area contributed by atoms with E-state index in [1.54, 1.807) is 28.9 Å². The van der Waals surface area contributed by atoms with E-state index < -0.39 is 17.7 Å². The van der Waals surface area contributed by atoms with Gasteiger partial charge in [-0.25, -0.2) is 13.5 Å². The van der Waals surface area contributed by atoms with Gasteiger partial charge in [0.2, 0.25) is 0 Å². The van der Waals surface area contributed by atoms with Crippen molar-refractivity contribution in [2.75, 3.05) is 11.9 Å². The SMILES string of the molecule is Cc1cc(C(=O)Nc2cccc(C(NCC3CC3)c3cc(F)ccc3F)c2)n(-c2cccc(CN)c2)n1. The summed E-state index contributed by atoms with van der Waals surface area (Å²) in [5.41, 5.74) is 10.0. The van der Waals surface area contributed by atoms with Crippen molar-refractivity contribution in [3.05, 3.63) is 113 Å². The highest BCUT2D eigenvalue weighted by molar-refractivity contribution is 6.03. The van der Waals surface area contributed by atoms with Gasteiger partial charge < -0.3 is 16.4 Å². The molecular weight excluding hydrogens is 472 g/mol. The van der Waals surface area contributed by atoms with E-state index in [1.807, 2.05) is 37.3 Å². The van der Waals surface area contributed by atoms with Crippen molar-refractivity contribution < 1.29 is 13.6 Å². The van der Waals surface area contributed by atoms with Crippen molar-refractivity contribution in [3.8, 4) is 5.69 Å². The van der Waals surface area contributed by atoms with Crippen molar-refractivity contribution in [2.45, 2.75) is 32.4 Å². The zero-order valence-corrected chi connectivity index (χ0v) is 20.5. The summed E-state index contributed by atoms with van der Waals surface area (Å²) in [6, 6.07) is 19.4. The highest BCUT2D eigenvalue weighted by Crippen LogP contribution is 2.32. The maximum absolute atomic E-state index is 14.7. The molecule has 1 fully saturated rings. The van der Waals surface area contributed by atoms with Crippen molar-refractivity contribution in [1.29, 1.82) is 0 Å². The van der Waals surface area contributed by atoms with E-state index >= 15 is 0 Å². The van der Waals surface area contributed by atoms with Gasteiger partial charge in [-0.15, -0.1) is 0 Å². The third kappa shape index (κ3) is 5.76. The molecule has 4 aromatic rings. The molecule has 37 heavy (non-hydrogen) atoms. The lowest BCUT2D eigenvalue weighted by Gasteiger charge is -2.21. The Kier molecular flexibility index (Phi) is 7.12. The predicted molar refractivity (Wildman–Crippen MR) is 140 cm³/mol. The van der Waals surface area contributed by atoms with Crippen LogP contribution >= 0.6 is 0 Å². The third-order valence-corrected chi connectivity index (χ3v) is 6.51. The number of halogens is 2. The number of aromatic nitrogens is 2. The van der Waals surface area contributed by atoms with Gasteiger partial charge in [-0.3, -0.25) is 4.79 Å². The van der Waals surface area contributed by atoms with E-state index in [0.29, 0.717) is 36.1 Å². The van der Waals surface area contributed by atoms with Crippen molar-refractivity contribution in [3.63, 3.8) is 0 Å². The number of nitrogens with zero attached hydrogens (tertiary/aromatic N) is 2. The van der Waals surface area contributed by atoms with E-state index in [1.165, 1.54) is 6.07 Å². The molecule has 8 heteroatoms. The minimum absolute atomic E-state index is 0.234. The summed E-state index contributed by atoms with van der Waals surface area (Å²) in [7, 11) is 0. The second-order valence-electron chi connectivity index (χ2n) is 9.49. The van der Waals surface area contributed by atoms with Crippen LogP contribution in [0.25, 0.3) is 5.69 Å². The highest BCUT2D eigenvalue weighted by atomic mass is 19.1. The van der Waals surface area contributed by atoms with Crippen LogP contribution < -0.4 is 16.4 Å². The van der Waals surface area contributed by atoms with Crippen LogP contribution in [0.1, 0.15) is 51.8 Å². The summed E-state index contributed by atoms with van der Waals surface area (Å²) >= 11 is 0. The number of anilines is 1. The Hall–Kier alpha value is -3.88. The van der Waals surface area contributed by atoms with Crippen LogP contribution in [-0.4, -0.2) is 22.2 Å². The van der Waals surface area contributed by atoms with E-state index in [4.69, 9.17) is 5.73 Å². The molecule has 190 valence electrons. The zero-order chi connectivity index (χ0) is 25.9. The minimum atomic E-state index is -0.556. The van der Waals surface area contributed by atoms with Gasteiger partial charge in [0.25, 0.3) is 5.91 Å². The van der Waals surface area contributed by atoms with Crippen LogP contribution in [0.4, 0.5) is 14.5 Å². The van der Waals surface area contributed by atoms with Gasteiger partial charge >= 0.3 is 0 Å². The summed E-state index contributed by atoms with van der Waals surface area (Å²) < 4.78 is 30.4. The molecule has 1 atom stereocenters. The van der Waals surface area contributed by atoms with Crippen LogP contribution in [0.15, 0.2) is 72.8 Å². The first-order chi connectivity index (χ1) is 17.9. The Balaban J connectivity index is 1.43. The van der Waals surface area contributed by atoms with Crippen LogP contribution in [0.2, 0.25) is 0 Å². The normalized spacial score (nSPS) is 13.9. The Morgan fingerprint density at radius 3 is 2.68 bits per heavy atom. The molecule has 6 nitrogen and oxygen atoms in total. The summed E-state index contributed by atoms with van der Waals surface area (Å²) in [5.74, 6) is -0.775. The quantitative estimate of drug-likeness (QED) is 0.292. The molecule has 4 N–H and O–H groups in total. The first kappa shape index (κ1) is 24.8. The van der Waals surface area contributed by atoms with Crippen LogP contribution in [-0.2, 0) is 6.54 Å². The molecule has 1 unspecified atom stereocenters. The molecule has 1 amide bonds. The monoisotopic (exact) mass is 501 g/mol. The molecule has 0 spiro atoms. The first-order valence-electron chi connectivity index (χ1n) is 12.4. The van der Waals surface area contributed by atoms with Crippen molar-refractivity contribution >= 4 is 11.6 Å². The largest absolute Gasteiger partial charge is 0.326 e. The Labute approximate surface area is 214 Å². The molecule has 1 aliphatic rings. The number of aryl methyl sites for hydroxylation is 1. The summed E-state index contributed by atoms with van der Waals surface area (Å²) in [6.07, 6.45) is 2.26. The number of hydrogen-bond donors (Lipinski definition) is 3. The molecule has 0 radical (unpaired) electrons. The molecule has 0 saturated heterocycles. The Morgan fingerprint density at radius 2 is 1.89 bits per heavy atom. The number of rotatable bonds is 9. The van der Waals surface area contributed by atoms with Gasteiger partial charge in [-0.1, -0.05) is 24.3 Å². The van der Waals surface area contributed by atoms with Gasteiger partial charge in [0.1, 0.15) is 17.3 Å². The summed E-state index contributed by atoms with van der Waals surface area (Å²) in [5, 5.41) is 10.8. The van der Waals surface area contributed by atoms with Crippen LogP contribution in [0, 0.1) is 24.5 Å². The highest BCUT2D eigenvalue weighted by Gasteiger charge is 2.25. The molecular formula is C29H29F2N5O. The fraction of sp³-hybridized carbons (Fsp3) is 0.241. The minimum Gasteiger partial charge on any atom is -0.326 e. The molecule has 0 aliphatic heterocycles. The Bertz CT molecular complexity index is 1430. The van der Waals surface area contributed by atoms with Crippen molar-refractivity contribution in [1.82, 2.24) is 15.1 Å². The topological polar surface area (TPSA) is 85.0 Å². The van der Waals surface area contributed by atoms with E-state index in [9.17, 15) is 13.6 Å². The Morgan fingerprint density at radius 1 is 1.08 bits per heavy atom. The van der Waals surface area contributed by atoms with Crippen LogP contribution in [0.3, 0.4) is 0 Å². The number of amides is 1. The first-order valence-corrected chi connectivity index (χ1v) is 12.4. The molecule has 1 saturated carbocycles. The van der Waals surface area contributed by atoms with Crippen molar-refractivity contribution in [2.24, 2.45) is 11.7 Å². The summed E-state index contributed by atoms with van der Waals surface area (Å²) in [6.45, 7) is 2.91. The summed E-state index contributed by atoms with van der Waals surface area (Å²) in [4.78, 5) is 13.3. The molecule has 0 bridgehead atoms. The fourth-order valence-corrected chi connectivity index (χ4v) is 4.41. The standard InChI is InChI=1S/C29H29F2N5O/c1-18-12-27(36(35-18)24-7-2-4-20(13-24)16-32)29(37)34-23-6-3-5-21(14-23)28(33-17-19-8-9-19)25-15-22(30)10-11-26(25)31/h2-7,10-15,19,28,33H,8-9,16-17,32H2,1H3,(H,34,37). The lowest BCUT2D eigenvalue weighted by Crippen LogP contribution is -2.26. The number of nitrogens with two attached hydrogens (primary N) is 1. The maximum Gasteiger partial charge on any atom is 0.274 e. The molecule has 1 aliphatic carbocycles. The molecule has 3 aromatic carbocycles. The van der Waals surface area contributed by atoms with E-state index in [2.05, 4.69) is 15.7 Å². The van der Waals surface area contributed by atoms with E-state index in [-0.39, 0.29) is 11.5 Å². The number of carbonyl (C=O) groups excluding carboxylic acids is 1. The number of benzene rings is 3. The lowest BCUT2D eigenvalue weighted by molar-refractivity contribution is 0.101. The molecule has 5 rings (SSSR count). The zero-order valence-electron chi connectivity index (χ0n) is 20.5. The van der Waals surface area contributed by atoms with Gasteiger partial charge in [0, 0.05) is 17.8 Å². The van der Waals surface area contributed by atoms with Crippen LogP contribution in [0.5, 0.6) is 0 Å². The smallest absolute Gasteiger partial charge is 0.274 e.